The van der Waals surface area contributed by atoms with Crippen LogP contribution >= 0.6 is 11.6 Å². The van der Waals surface area contributed by atoms with Gasteiger partial charge in [-0.15, -0.1) is 0 Å². The summed E-state index contributed by atoms with van der Waals surface area (Å²) in [5.74, 6) is 0.0929. The van der Waals surface area contributed by atoms with Gasteiger partial charge in [0.1, 0.15) is 5.75 Å². The zero-order chi connectivity index (χ0) is 17.8. The van der Waals surface area contributed by atoms with Crippen LogP contribution in [0.1, 0.15) is 16.8 Å². The normalized spacial score (nSPS) is 13.5. The lowest BCUT2D eigenvalue weighted by molar-refractivity contribution is 0.477. The molecular weight excluding hydrogens is 354 g/mol. The lowest BCUT2D eigenvalue weighted by Crippen LogP contribution is -2.15. The van der Waals surface area contributed by atoms with Gasteiger partial charge in [0, 0.05) is 22.3 Å². The van der Waals surface area contributed by atoms with E-state index in [-0.39, 0.29) is 5.75 Å². The number of benzene rings is 1. The Bertz CT molecular complexity index is 1110. The second-order valence-corrected chi connectivity index (χ2v) is 6.78. The van der Waals surface area contributed by atoms with Crippen molar-refractivity contribution in [1.82, 2.24) is 20.2 Å². The number of oxazole rings is 1. The van der Waals surface area contributed by atoms with Crippen molar-refractivity contribution >= 4 is 28.8 Å². The minimum atomic E-state index is 0.0929. The number of hydrogen-bond acceptors (Lipinski definition) is 6. The molecule has 7 nitrogen and oxygen atoms in total. The summed E-state index contributed by atoms with van der Waals surface area (Å²) >= 11 is 5.99. The Balaban J connectivity index is 1.54. The van der Waals surface area contributed by atoms with Crippen molar-refractivity contribution in [2.45, 2.75) is 20.0 Å². The second kappa shape index (κ2) is 5.47. The molecule has 130 valence electrons. The van der Waals surface area contributed by atoms with Gasteiger partial charge in [0.15, 0.2) is 5.58 Å². The lowest BCUT2D eigenvalue weighted by Gasteiger charge is -2.10. The number of halogens is 1. The molecule has 1 aliphatic heterocycles. The molecular formula is C18H14ClN5O2. The highest BCUT2D eigenvalue weighted by molar-refractivity contribution is 6.31. The number of phenolic OH excluding ortho intramolecular Hbond substituents is 1. The first-order valence-corrected chi connectivity index (χ1v) is 8.50. The van der Waals surface area contributed by atoms with Crippen molar-refractivity contribution in [3.05, 3.63) is 52.3 Å². The predicted octanol–water partition coefficient (Wildman–Crippen LogP) is 3.80. The number of rotatable bonds is 2. The van der Waals surface area contributed by atoms with E-state index in [4.69, 9.17) is 16.0 Å². The molecule has 0 radical (unpaired) electrons. The molecule has 0 atom stereocenters. The summed E-state index contributed by atoms with van der Waals surface area (Å²) in [7, 11) is 0. The van der Waals surface area contributed by atoms with Crippen LogP contribution in [0.2, 0.25) is 5.02 Å². The molecule has 0 saturated heterocycles. The van der Waals surface area contributed by atoms with Gasteiger partial charge in [0.25, 0.3) is 0 Å². The summed E-state index contributed by atoms with van der Waals surface area (Å²) in [4.78, 5) is 11.1. The quantitative estimate of drug-likeness (QED) is 0.560. The highest BCUT2D eigenvalue weighted by Crippen LogP contribution is 2.35. The fourth-order valence-electron chi connectivity index (χ4n) is 3.33. The number of pyridine rings is 1. The number of phenols is 1. The number of anilines is 1. The van der Waals surface area contributed by atoms with E-state index >= 15 is 0 Å². The van der Waals surface area contributed by atoms with E-state index in [2.05, 4.69) is 20.2 Å². The van der Waals surface area contributed by atoms with Gasteiger partial charge in [-0.3, -0.25) is 5.10 Å². The summed E-state index contributed by atoms with van der Waals surface area (Å²) in [5, 5.41) is 17.8. The Morgan fingerprint density at radius 1 is 1.23 bits per heavy atom. The molecule has 0 unspecified atom stereocenters. The number of H-pyrrole nitrogens is 1. The minimum absolute atomic E-state index is 0.0929. The van der Waals surface area contributed by atoms with Crippen LogP contribution in [0.4, 0.5) is 6.01 Å². The van der Waals surface area contributed by atoms with E-state index in [0.717, 1.165) is 16.8 Å². The number of aromatic nitrogens is 4. The Morgan fingerprint density at radius 2 is 2.12 bits per heavy atom. The maximum absolute atomic E-state index is 10.3. The van der Waals surface area contributed by atoms with Crippen molar-refractivity contribution in [3.8, 4) is 17.0 Å². The first-order valence-electron chi connectivity index (χ1n) is 8.12. The molecule has 0 aliphatic carbocycles. The van der Waals surface area contributed by atoms with Crippen molar-refractivity contribution in [2.24, 2.45) is 0 Å². The molecule has 2 N–H and O–H groups in total. The predicted molar refractivity (Wildman–Crippen MR) is 97.1 cm³/mol. The number of fused-ring (bicyclic) bond motifs is 2. The molecule has 0 fully saturated rings. The lowest BCUT2D eigenvalue weighted by atomic mass is 10.0. The highest BCUT2D eigenvalue weighted by Gasteiger charge is 2.25. The molecule has 26 heavy (non-hydrogen) atoms. The summed E-state index contributed by atoms with van der Waals surface area (Å²) < 4.78 is 5.85. The molecule has 4 heterocycles. The van der Waals surface area contributed by atoms with Crippen LogP contribution in [0, 0.1) is 6.92 Å². The van der Waals surface area contributed by atoms with Crippen molar-refractivity contribution in [2.75, 3.05) is 4.90 Å². The van der Waals surface area contributed by atoms with Gasteiger partial charge in [0.05, 0.1) is 24.5 Å². The molecule has 1 aliphatic rings. The first-order chi connectivity index (χ1) is 12.6. The van der Waals surface area contributed by atoms with Gasteiger partial charge in [-0.25, -0.2) is 4.98 Å². The minimum Gasteiger partial charge on any atom is -0.507 e. The van der Waals surface area contributed by atoms with E-state index in [1.165, 1.54) is 6.07 Å². The summed E-state index contributed by atoms with van der Waals surface area (Å²) in [6.45, 7) is 3.23. The van der Waals surface area contributed by atoms with Gasteiger partial charge in [-0.05, 0) is 36.8 Å². The molecule has 5 rings (SSSR count). The summed E-state index contributed by atoms with van der Waals surface area (Å²) in [5.41, 5.74) is 5.35. The van der Waals surface area contributed by atoms with E-state index in [9.17, 15) is 5.11 Å². The van der Waals surface area contributed by atoms with Crippen LogP contribution in [0.25, 0.3) is 22.5 Å². The standard InChI is InChI=1S/C18H14ClN5O2/c1-9-4-11(19)5-14(25)16(9)12-2-3-15-17(21-12)22-18(26-15)24-7-10-6-20-23-13(10)8-24/h2-6,25H,7-8H2,1H3,(H,20,23). The van der Waals surface area contributed by atoms with Crippen molar-refractivity contribution < 1.29 is 9.52 Å². The fraction of sp³-hybridized carbons (Fsp3) is 0.167. The molecule has 4 aromatic rings. The molecule has 0 saturated carbocycles. The van der Waals surface area contributed by atoms with Gasteiger partial charge in [-0.1, -0.05) is 11.6 Å². The van der Waals surface area contributed by atoms with Gasteiger partial charge < -0.3 is 14.4 Å². The van der Waals surface area contributed by atoms with Crippen molar-refractivity contribution in [1.29, 1.82) is 0 Å². The van der Waals surface area contributed by atoms with Crippen LogP contribution in [-0.4, -0.2) is 25.3 Å². The molecule has 0 amide bonds. The van der Waals surface area contributed by atoms with Crippen LogP contribution < -0.4 is 4.90 Å². The first kappa shape index (κ1) is 15.2. The second-order valence-electron chi connectivity index (χ2n) is 6.34. The van der Waals surface area contributed by atoms with Crippen molar-refractivity contribution in [3.63, 3.8) is 0 Å². The van der Waals surface area contributed by atoms with E-state index < -0.39 is 0 Å². The zero-order valence-electron chi connectivity index (χ0n) is 13.8. The third-order valence-corrected chi connectivity index (χ3v) is 4.78. The van der Waals surface area contributed by atoms with E-state index in [1.54, 1.807) is 6.07 Å². The Labute approximate surface area is 153 Å². The van der Waals surface area contributed by atoms with Crippen LogP contribution in [0.15, 0.2) is 34.9 Å². The average molecular weight is 368 g/mol. The number of nitrogens with one attached hydrogen (secondary N) is 1. The van der Waals surface area contributed by atoms with Gasteiger partial charge in [0.2, 0.25) is 5.65 Å². The third-order valence-electron chi connectivity index (χ3n) is 4.56. The monoisotopic (exact) mass is 367 g/mol. The number of aryl methyl sites for hydroxylation is 1. The maximum Gasteiger partial charge on any atom is 0.300 e. The number of aromatic amines is 1. The zero-order valence-corrected chi connectivity index (χ0v) is 14.6. The molecule has 3 aromatic heterocycles. The highest BCUT2D eigenvalue weighted by atomic mass is 35.5. The fourth-order valence-corrected chi connectivity index (χ4v) is 3.60. The van der Waals surface area contributed by atoms with Crippen LogP contribution in [0.5, 0.6) is 5.75 Å². The topological polar surface area (TPSA) is 91.1 Å². The largest absolute Gasteiger partial charge is 0.507 e. The van der Waals surface area contributed by atoms with Gasteiger partial charge >= 0.3 is 6.01 Å². The molecule has 8 heteroatoms. The number of aromatic hydroxyl groups is 1. The van der Waals surface area contributed by atoms with Crippen LogP contribution in [0.3, 0.4) is 0 Å². The van der Waals surface area contributed by atoms with Crippen LogP contribution in [-0.2, 0) is 13.1 Å². The molecule has 0 bridgehead atoms. The Hall–Kier alpha value is -3.06. The van der Waals surface area contributed by atoms with E-state index in [0.29, 0.717) is 46.6 Å². The number of nitrogens with zero attached hydrogens (tertiary/aromatic N) is 4. The Morgan fingerprint density at radius 3 is 2.92 bits per heavy atom. The summed E-state index contributed by atoms with van der Waals surface area (Å²) in [6, 6.07) is 7.44. The van der Waals surface area contributed by atoms with Gasteiger partial charge in [-0.2, -0.15) is 10.1 Å². The Kier molecular flexibility index (Phi) is 3.20. The third kappa shape index (κ3) is 2.32. The average Bonchev–Trinajstić information content (AvgIpc) is 3.27. The smallest absolute Gasteiger partial charge is 0.300 e. The molecule has 0 spiro atoms. The maximum atomic E-state index is 10.3. The SMILES string of the molecule is Cc1cc(Cl)cc(O)c1-c1ccc2oc(N3Cc4c[nH]nc4C3)nc2n1. The molecule has 1 aromatic carbocycles. The summed E-state index contributed by atoms with van der Waals surface area (Å²) in [6.07, 6.45) is 1.89. The number of hydrogen-bond donors (Lipinski definition) is 2. The van der Waals surface area contributed by atoms with E-state index in [1.807, 2.05) is 30.2 Å².